The molecule has 0 radical (unpaired) electrons. The van der Waals surface area contributed by atoms with E-state index in [-0.39, 0.29) is 35.2 Å². The van der Waals surface area contributed by atoms with E-state index < -0.39 is 28.5 Å². The summed E-state index contributed by atoms with van der Waals surface area (Å²) in [5.41, 5.74) is 5.00. The summed E-state index contributed by atoms with van der Waals surface area (Å²) in [5.74, 6) is -1.29. The van der Waals surface area contributed by atoms with Crippen LogP contribution in [0.4, 0.5) is 23.2 Å². The van der Waals surface area contributed by atoms with Crippen molar-refractivity contribution in [2.75, 3.05) is 18.5 Å². The third-order valence-corrected chi connectivity index (χ3v) is 5.14. The summed E-state index contributed by atoms with van der Waals surface area (Å²) in [4.78, 5) is 20.9. The van der Waals surface area contributed by atoms with Gasteiger partial charge in [0.05, 0.1) is 27.8 Å². The van der Waals surface area contributed by atoms with Crippen molar-refractivity contribution in [1.82, 2.24) is 9.97 Å². The van der Waals surface area contributed by atoms with E-state index in [0.29, 0.717) is 23.6 Å². The molecular formula is C24H17ClF4N4O3. The number of nitrogens with zero attached hydrogens (tertiary/aromatic N) is 2. The molecule has 0 atom stereocenters. The first-order chi connectivity index (χ1) is 17.1. The maximum Gasteiger partial charge on any atom is 0.417 e. The van der Waals surface area contributed by atoms with Crippen LogP contribution in [0.1, 0.15) is 15.9 Å². The summed E-state index contributed by atoms with van der Waals surface area (Å²) in [6.45, 7) is 0.582. The SMILES string of the molecule is NCCOc1cnc2ccc(Oc3ccc(NC(=O)c4ccc(Cl)c(C(F)(F)F)c4)cc3F)cc2n1. The second kappa shape index (κ2) is 10.3. The molecule has 0 unspecified atom stereocenters. The molecule has 0 saturated carbocycles. The molecule has 0 saturated heterocycles. The van der Waals surface area contributed by atoms with Crippen LogP contribution in [-0.2, 0) is 6.18 Å². The van der Waals surface area contributed by atoms with Crippen molar-refractivity contribution in [2.24, 2.45) is 5.73 Å². The van der Waals surface area contributed by atoms with Crippen LogP contribution in [0.2, 0.25) is 5.02 Å². The lowest BCUT2D eigenvalue weighted by molar-refractivity contribution is -0.137. The fourth-order valence-corrected chi connectivity index (χ4v) is 3.37. The lowest BCUT2D eigenvalue weighted by Gasteiger charge is -2.12. The molecule has 0 aliphatic carbocycles. The largest absolute Gasteiger partial charge is 0.475 e. The van der Waals surface area contributed by atoms with Crippen molar-refractivity contribution >= 4 is 34.2 Å². The van der Waals surface area contributed by atoms with E-state index in [9.17, 15) is 22.4 Å². The molecular weight excluding hydrogens is 504 g/mol. The van der Waals surface area contributed by atoms with Crippen molar-refractivity contribution in [2.45, 2.75) is 6.18 Å². The maximum atomic E-state index is 14.7. The van der Waals surface area contributed by atoms with E-state index in [2.05, 4.69) is 15.3 Å². The Morgan fingerprint density at radius 2 is 1.86 bits per heavy atom. The van der Waals surface area contributed by atoms with Gasteiger partial charge < -0.3 is 20.5 Å². The number of carbonyl (C=O) groups excluding carboxylic acids is 1. The second-order valence-corrected chi connectivity index (χ2v) is 7.80. The first kappa shape index (κ1) is 25.1. The summed E-state index contributed by atoms with van der Waals surface area (Å²) >= 11 is 5.58. The first-order valence-electron chi connectivity index (χ1n) is 10.4. The molecule has 1 amide bonds. The van der Waals surface area contributed by atoms with Gasteiger partial charge in [0.25, 0.3) is 5.91 Å². The number of carbonyl (C=O) groups is 1. The fraction of sp³-hybridized carbons (Fsp3) is 0.125. The van der Waals surface area contributed by atoms with Gasteiger partial charge in [-0.25, -0.2) is 14.4 Å². The highest BCUT2D eigenvalue weighted by Gasteiger charge is 2.33. The van der Waals surface area contributed by atoms with Gasteiger partial charge >= 0.3 is 6.18 Å². The summed E-state index contributed by atoms with van der Waals surface area (Å²) in [6.07, 6.45) is -3.27. The normalized spacial score (nSPS) is 11.4. The quantitative estimate of drug-likeness (QED) is 0.298. The van der Waals surface area contributed by atoms with E-state index in [1.807, 2.05) is 0 Å². The Hall–Kier alpha value is -3.96. The van der Waals surface area contributed by atoms with Crippen molar-refractivity contribution < 1.29 is 31.8 Å². The number of aromatic nitrogens is 2. The smallest absolute Gasteiger partial charge is 0.417 e. The number of halogens is 5. The molecule has 4 aromatic rings. The van der Waals surface area contributed by atoms with Crippen LogP contribution in [0.5, 0.6) is 17.4 Å². The molecule has 3 N–H and O–H groups in total. The van der Waals surface area contributed by atoms with Crippen molar-refractivity contribution in [3.8, 4) is 17.4 Å². The molecule has 4 rings (SSSR count). The van der Waals surface area contributed by atoms with Gasteiger partial charge in [0.2, 0.25) is 5.88 Å². The number of benzene rings is 3. The van der Waals surface area contributed by atoms with E-state index >= 15 is 0 Å². The number of ether oxygens (including phenoxy) is 2. The van der Waals surface area contributed by atoms with Crippen molar-refractivity contribution in [1.29, 1.82) is 0 Å². The van der Waals surface area contributed by atoms with Crippen molar-refractivity contribution in [3.63, 3.8) is 0 Å². The van der Waals surface area contributed by atoms with Crippen molar-refractivity contribution in [3.05, 3.63) is 82.8 Å². The summed E-state index contributed by atoms with van der Waals surface area (Å²) in [7, 11) is 0. The lowest BCUT2D eigenvalue weighted by Crippen LogP contribution is -2.14. The van der Waals surface area contributed by atoms with Gasteiger partial charge in [0, 0.05) is 29.9 Å². The van der Waals surface area contributed by atoms with Gasteiger partial charge in [0.1, 0.15) is 12.4 Å². The maximum absolute atomic E-state index is 14.7. The van der Waals surface area contributed by atoms with Crippen LogP contribution >= 0.6 is 11.6 Å². The number of hydrogen-bond acceptors (Lipinski definition) is 6. The Morgan fingerprint density at radius 1 is 1.06 bits per heavy atom. The molecule has 1 aromatic heterocycles. The highest BCUT2D eigenvalue weighted by molar-refractivity contribution is 6.31. The molecule has 0 fully saturated rings. The predicted molar refractivity (Wildman–Crippen MR) is 125 cm³/mol. The first-order valence-corrected chi connectivity index (χ1v) is 10.8. The predicted octanol–water partition coefficient (Wildman–Crippen LogP) is 5.82. The Labute approximate surface area is 206 Å². The number of fused-ring (bicyclic) bond motifs is 1. The molecule has 3 aromatic carbocycles. The van der Waals surface area contributed by atoms with Crippen LogP contribution in [0.15, 0.2) is 60.8 Å². The summed E-state index contributed by atoms with van der Waals surface area (Å²) < 4.78 is 64.8. The number of amides is 1. The topological polar surface area (TPSA) is 99.4 Å². The van der Waals surface area contributed by atoms with Crippen LogP contribution in [0, 0.1) is 5.82 Å². The molecule has 0 aliphatic heterocycles. The zero-order valence-corrected chi connectivity index (χ0v) is 19.0. The molecule has 1 heterocycles. The summed E-state index contributed by atoms with van der Waals surface area (Å²) in [6, 6.07) is 11.1. The third kappa shape index (κ3) is 5.81. The number of hydrogen-bond donors (Lipinski definition) is 2. The van der Waals surface area contributed by atoms with Crippen LogP contribution < -0.4 is 20.5 Å². The molecule has 12 heteroatoms. The Bertz CT molecular complexity index is 1430. The molecule has 36 heavy (non-hydrogen) atoms. The lowest BCUT2D eigenvalue weighted by atomic mass is 10.1. The average Bonchev–Trinajstić information content (AvgIpc) is 2.83. The molecule has 0 bridgehead atoms. The third-order valence-electron chi connectivity index (χ3n) is 4.81. The number of rotatable bonds is 7. The van der Waals surface area contributed by atoms with E-state index in [1.54, 1.807) is 18.2 Å². The minimum absolute atomic E-state index is 0.0134. The number of nitrogens with two attached hydrogens (primary N) is 1. The highest BCUT2D eigenvalue weighted by atomic mass is 35.5. The molecule has 7 nitrogen and oxygen atoms in total. The molecule has 186 valence electrons. The Balaban J connectivity index is 1.49. The standard InChI is InChI=1S/C24H17ClF4N4O3/c25-17-4-1-13(9-16(17)24(27,28)29)23(34)32-14-2-6-21(18(26)10-14)36-15-3-5-19-20(11-15)33-22(12-31-19)35-8-7-30/h1-6,9-12H,7-8,30H2,(H,32,34). The van der Waals surface area contributed by atoms with Gasteiger partial charge in [-0.2, -0.15) is 13.2 Å². The summed E-state index contributed by atoms with van der Waals surface area (Å²) in [5, 5.41) is 1.81. The monoisotopic (exact) mass is 520 g/mol. The van der Waals surface area contributed by atoms with Crippen LogP contribution in [0.3, 0.4) is 0 Å². The highest BCUT2D eigenvalue weighted by Crippen LogP contribution is 2.35. The van der Waals surface area contributed by atoms with Gasteiger partial charge in [-0.1, -0.05) is 11.6 Å². The van der Waals surface area contributed by atoms with Gasteiger partial charge in [-0.3, -0.25) is 4.79 Å². The Morgan fingerprint density at radius 3 is 2.58 bits per heavy atom. The second-order valence-electron chi connectivity index (χ2n) is 7.39. The Kier molecular flexibility index (Phi) is 7.22. The average molecular weight is 521 g/mol. The van der Waals surface area contributed by atoms with E-state index in [4.69, 9.17) is 26.8 Å². The number of nitrogens with one attached hydrogen (secondary N) is 1. The minimum atomic E-state index is -4.73. The number of anilines is 1. The minimum Gasteiger partial charge on any atom is -0.475 e. The van der Waals surface area contributed by atoms with Crippen LogP contribution in [0.25, 0.3) is 11.0 Å². The van der Waals surface area contributed by atoms with E-state index in [1.165, 1.54) is 18.3 Å². The molecule has 0 spiro atoms. The van der Waals surface area contributed by atoms with Gasteiger partial charge in [0.15, 0.2) is 11.6 Å². The number of alkyl halides is 3. The zero-order valence-electron chi connectivity index (χ0n) is 18.3. The molecule has 0 aliphatic rings. The van der Waals surface area contributed by atoms with Gasteiger partial charge in [-0.05, 0) is 42.5 Å². The fourth-order valence-electron chi connectivity index (χ4n) is 3.15. The van der Waals surface area contributed by atoms with Crippen LogP contribution in [-0.4, -0.2) is 29.0 Å². The zero-order chi connectivity index (χ0) is 25.9. The van der Waals surface area contributed by atoms with Gasteiger partial charge in [-0.15, -0.1) is 0 Å². The van der Waals surface area contributed by atoms with E-state index in [0.717, 1.165) is 18.2 Å².